The monoisotopic (exact) mass is 509 g/mol. The summed E-state index contributed by atoms with van der Waals surface area (Å²) < 4.78 is 29.6. The molecule has 192 valence electrons. The lowest BCUT2D eigenvalue weighted by atomic mass is 9.69. The third kappa shape index (κ3) is 3.76. The molecule has 0 unspecified atom stereocenters. The van der Waals surface area contributed by atoms with Crippen molar-refractivity contribution in [1.82, 2.24) is 0 Å². The van der Waals surface area contributed by atoms with E-state index in [9.17, 15) is 5.11 Å². The molecule has 0 saturated carbocycles. The highest BCUT2D eigenvalue weighted by Crippen LogP contribution is 2.52. The van der Waals surface area contributed by atoms with Crippen LogP contribution >= 0.6 is 0 Å². The molecule has 4 aromatic rings. The summed E-state index contributed by atoms with van der Waals surface area (Å²) in [5.41, 5.74) is 4.82. The predicted octanol–water partition coefficient (Wildman–Crippen LogP) is 7.17. The van der Waals surface area contributed by atoms with E-state index in [1.165, 1.54) is 0 Å². The van der Waals surface area contributed by atoms with Gasteiger partial charge >= 0.3 is 11.3 Å². The van der Waals surface area contributed by atoms with Gasteiger partial charge in [0, 0.05) is 34.6 Å². The smallest absolute Gasteiger partial charge is 0.364 e. The summed E-state index contributed by atoms with van der Waals surface area (Å²) in [6, 6.07) is 19.0. The van der Waals surface area contributed by atoms with E-state index in [4.69, 9.17) is 23.4 Å². The molecule has 1 aromatic heterocycles. The van der Waals surface area contributed by atoms with E-state index < -0.39 is 5.41 Å². The van der Waals surface area contributed by atoms with E-state index in [0.29, 0.717) is 17.7 Å². The Balaban J connectivity index is 1.63. The topological polar surface area (TPSA) is 68.5 Å². The lowest BCUT2D eigenvalue weighted by Gasteiger charge is -2.36. The standard InChI is InChI=1S/C32H28O6/c1-32(2)25(16-18-12-21(34-3)6-9-27(18)33)30-24(15-19-13-22(35-4)7-10-28(19)37-30)31-26(32)17-20-14-23(36-5)8-11-29(20)38-31/h6-14,16-17H,15H2,1-5H3/p+1/b25-16-. The van der Waals surface area contributed by atoms with Gasteiger partial charge in [-0.15, -0.1) is 0 Å². The zero-order chi connectivity index (χ0) is 26.6. The van der Waals surface area contributed by atoms with Crippen molar-refractivity contribution in [2.24, 2.45) is 0 Å². The summed E-state index contributed by atoms with van der Waals surface area (Å²) in [6.07, 6.45) is 2.60. The van der Waals surface area contributed by atoms with Crippen molar-refractivity contribution in [2.45, 2.75) is 25.7 Å². The number of phenolic OH excluding ortho intramolecular Hbond substituents is 1. The van der Waals surface area contributed by atoms with Gasteiger partial charge in [-0.2, -0.15) is 0 Å². The first-order valence-electron chi connectivity index (χ1n) is 12.5. The average Bonchev–Trinajstić information content (AvgIpc) is 2.94. The Morgan fingerprint density at radius 3 is 2.32 bits per heavy atom. The molecule has 6 nitrogen and oxygen atoms in total. The zero-order valence-electron chi connectivity index (χ0n) is 22.0. The van der Waals surface area contributed by atoms with Gasteiger partial charge in [0.1, 0.15) is 40.1 Å². The van der Waals surface area contributed by atoms with E-state index in [1.807, 2.05) is 48.5 Å². The van der Waals surface area contributed by atoms with Crippen molar-refractivity contribution in [3.63, 3.8) is 0 Å². The Labute approximate surface area is 221 Å². The summed E-state index contributed by atoms with van der Waals surface area (Å²) in [4.78, 5) is 0. The molecular formula is C32H29O6+. The fourth-order valence-electron chi connectivity index (χ4n) is 5.30. The molecule has 0 radical (unpaired) electrons. The van der Waals surface area contributed by atoms with Crippen molar-refractivity contribution in [3.8, 4) is 28.7 Å². The predicted molar refractivity (Wildman–Crippen MR) is 147 cm³/mol. The highest BCUT2D eigenvalue weighted by Gasteiger charge is 2.47. The Hall–Kier alpha value is -4.45. The maximum Gasteiger partial charge on any atom is 0.364 e. The number of hydrogen-bond donors (Lipinski definition) is 1. The molecule has 2 heterocycles. The first-order valence-corrected chi connectivity index (χ1v) is 12.5. The Kier molecular flexibility index (Phi) is 5.56. The molecule has 0 saturated heterocycles. The summed E-state index contributed by atoms with van der Waals surface area (Å²) in [5, 5.41) is 11.7. The molecule has 2 aliphatic rings. The number of benzene rings is 3. The van der Waals surface area contributed by atoms with Gasteiger partial charge < -0.3 is 24.1 Å². The molecule has 0 spiro atoms. The second-order valence-electron chi connectivity index (χ2n) is 10.1. The first kappa shape index (κ1) is 23.9. The number of allylic oxidation sites excluding steroid dienone is 2. The van der Waals surface area contributed by atoms with Gasteiger partial charge in [0.15, 0.2) is 0 Å². The van der Waals surface area contributed by atoms with Gasteiger partial charge in [0.05, 0.1) is 32.3 Å². The van der Waals surface area contributed by atoms with Crippen LogP contribution in [-0.2, 0) is 11.8 Å². The minimum atomic E-state index is -0.519. The van der Waals surface area contributed by atoms with Gasteiger partial charge in [-0.3, -0.25) is 0 Å². The number of methoxy groups -OCH3 is 3. The van der Waals surface area contributed by atoms with Gasteiger partial charge in [0.2, 0.25) is 0 Å². The minimum absolute atomic E-state index is 0.163. The zero-order valence-corrected chi connectivity index (χ0v) is 22.0. The van der Waals surface area contributed by atoms with Gasteiger partial charge in [-0.1, -0.05) is 13.8 Å². The van der Waals surface area contributed by atoms with Crippen molar-refractivity contribution in [1.29, 1.82) is 0 Å². The first-order chi connectivity index (χ1) is 18.3. The molecule has 1 aliphatic heterocycles. The highest BCUT2D eigenvalue weighted by molar-refractivity contribution is 5.88. The van der Waals surface area contributed by atoms with Crippen LogP contribution in [0.5, 0.6) is 28.7 Å². The SMILES string of the molecule is COc1ccc(O)c(/C=C2/C3=C(Cc4cc(OC)ccc4O3)c3[o+]c4ccc(OC)cc4cc3C2(C)C)c1. The molecular weight excluding hydrogens is 480 g/mol. The van der Waals surface area contributed by atoms with Crippen LogP contribution in [0.3, 0.4) is 0 Å². The van der Waals surface area contributed by atoms with Crippen LogP contribution in [0.4, 0.5) is 0 Å². The molecule has 0 fully saturated rings. The third-order valence-electron chi connectivity index (χ3n) is 7.49. The fraction of sp³-hybridized carbons (Fsp3) is 0.219. The molecule has 3 aromatic carbocycles. The summed E-state index contributed by atoms with van der Waals surface area (Å²) in [6.45, 7) is 4.29. The summed E-state index contributed by atoms with van der Waals surface area (Å²) in [7, 11) is 4.93. The molecule has 1 N–H and O–H groups in total. The van der Waals surface area contributed by atoms with Crippen molar-refractivity contribution in [3.05, 3.63) is 94.4 Å². The Bertz CT molecular complexity index is 1660. The van der Waals surface area contributed by atoms with Gasteiger partial charge in [-0.05, 0) is 60.7 Å². The molecule has 6 rings (SSSR count). The van der Waals surface area contributed by atoms with Crippen LogP contribution in [0.2, 0.25) is 0 Å². The number of phenols is 1. The van der Waals surface area contributed by atoms with Crippen LogP contribution in [-0.4, -0.2) is 26.4 Å². The second-order valence-corrected chi connectivity index (χ2v) is 10.1. The van der Waals surface area contributed by atoms with E-state index in [1.54, 1.807) is 33.5 Å². The van der Waals surface area contributed by atoms with Crippen LogP contribution in [0.15, 0.2) is 76.4 Å². The largest absolute Gasteiger partial charge is 0.507 e. The summed E-state index contributed by atoms with van der Waals surface area (Å²) in [5.74, 6) is 4.66. The Morgan fingerprint density at radius 2 is 1.55 bits per heavy atom. The normalized spacial score (nSPS) is 16.4. The van der Waals surface area contributed by atoms with Crippen molar-refractivity contribution < 1.29 is 28.5 Å². The molecule has 0 bridgehead atoms. The van der Waals surface area contributed by atoms with E-state index in [2.05, 4.69) is 19.9 Å². The number of hydrogen-bond acceptors (Lipinski definition) is 5. The van der Waals surface area contributed by atoms with Crippen LogP contribution < -0.4 is 18.9 Å². The van der Waals surface area contributed by atoms with E-state index >= 15 is 0 Å². The Morgan fingerprint density at radius 1 is 0.868 bits per heavy atom. The fourth-order valence-corrected chi connectivity index (χ4v) is 5.30. The van der Waals surface area contributed by atoms with Crippen LogP contribution in [0, 0.1) is 0 Å². The quantitative estimate of drug-likeness (QED) is 0.294. The lowest BCUT2D eigenvalue weighted by Crippen LogP contribution is -2.31. The number of fused-ring (bicyclic) bond motifs is 4. The molecule has 6 heteroatoms. The lowest BCUT2D eigenvalue weighted by molar-refractivity contribution is 0.385. The highest BCUT2D eigenvalue weighted by atomic mass is 16.5. The van der Waals surface area contributed by atoms with Crippen LogP contribution in [0.1, 0.15) is 36.3 Å². The average molecular weight is 510 g/mol. The number of ether oxygens (including phenoxy) is 4. The third-order valence-corrected chi connectivity index (χ3v) is 7.49. The van der Waals surface area contributed by atoms with Crippen LogP contribution in [0.25, 0.3) is 22.6 Å². The van der Waals surface area contributed by atoms with Gasteiger partial charge in [-0.25, -0.2) is 4.42 Å². The molecule has 0 atom stereocenters. The van der Waals surface area contributed by atoms with Crippen molar-refractivity contribution >= 4 is 22.6 Å². The maximum atomic E-state index is 10.7. The minimum Gasteiger partial charge on any atom is -0.507 e. The molecule has 0 amide bonds. The molecule has 1 aliphatic carbocycles. The number of rotatable bonds is 4. The van der Waals surface area contributed by atoms with E-state index in [0.717, 1.165) is 62.0 Å². The van der Waals surface area contributed by atoms with Gasteiger partial charge in [0.25, 0.3) is 0 Å². The molecule has 38 heavy (non-hydrogen) atoms. The maximum absolute atomic E-state index is 10.7. The van der Waals surface area contributed by atoms with Crippen molar-refractivity contribution in [2.75, 3.05) is 21.3 Å². The van der Waals surface area contributed by atoms with E-state index in [-0.39, 0.29) is 5.75 Å². The summed E-state index contributed by atoms with van der Waals surface area (Å²) >= 11 is 0. The number of aromatic hydroxyl groups is 1. The second kappa shape index (κ2) is 8.84.